The number of carboxylic acid groups (broad SMARTS) is 1. The first kappa shape index (κ1) is 15.9. The lowest BCUT2D eigenvalue weighted by molar-refractivity contribution is 0.0697. The fraction of sp³-hybridized carbons (Fsp3) is 0.417. The monoisotopic (exact) mass is 305 g/mol. The summed E-state index contributed by atoms with van der Waals surface area (Å²) in [4.78, 5) is 10.8. The molecule has 0 radical (unpaired) electrons. The Labute approximate surface area is 117 Å². The molecule has 0 saturated carbocycles. The highest BCUT2D eigenvalue weighted by atomic mass is 35.5. The summed E-state index contributed by atoms with van der Waals surface area (Å²) in [7, 11) is -3.70. The summed E-state index contributed by atoms with van der Waals surface area (Å²) in [6, 6.07) is 3.31. The Morgan fingerprint density at radius 2 is 1.89 bits per heavy atom. The molecular weight excluding hydrogens is 290 g/mol. The van der Waals surface area contributed by atoms with Gasteiger partial charge < -0.3 is 5.11 Å². The van der Waals surface area contributed by atoms with Crippen LogP contribution in [0.2, 0.25) is 5.02 Å². The molecule has 7 heteroatoms. The number of sulfonamides is 1. The Hall–Kier alpha value is -1.11. The summed E-state index contributed by atoms with van der Waals surface area (Å²) in [5, 5.41) is 8.72. The van der Waals surface area contributed by atoms with Crippen LogP contribution in [0.1, 0.15) is 31.1 Å². The van der Waals surface area contributed by atoms with Crippen LogP contribution in [0.3, 0.4) is 0 Å². The topological polar surface area (TPSA) is 83.5 Å². The molecule has 0 amide bonds. The van der Waals surface area contributed by atoms with Crippen LogP contribution >= 0.6 is 11.6 Å². The molecule has 0 aliphatic rings. The number of hydrogen-bond acceptors (Lipinski definition) is 3. The summed E-state index contributed by atoms with van der Waals surface area (Å²) in [5.41, 5.74) is -0.127. The Kier molecular flexibility index (Phi) is 4.95. The highest BCUT2D eigenvalue weighted by Crippen LogP contribution is 2.21. The van der Waals surface area contributed by atoms with Crippen LogP contribution < -0.4 is 4.72 Å². The summed E-state index contributed by atoms with van der Waals surface area (Å²) in [6.45, 7) is 5.55. The van der Waals surface area contributed by atoms with Crippen molar-refractivity contribution in [2.75, 3.05) is 0 Å². The van der Waals surface area contributed by atoms with Gasteiger partial charge in [0.2, 0.25) is 10.0 Å². The smallest absolute Gasteiger partial charge is 0.337 e. The predicted molar refractivity (Wildman–Crippen MR) is 73.0 cm³/mol. The van der Waals surface area contributed by atoms with Gasteiger partial charge in [-0.05, 0) is 31.0 Å². The van der Waals surface area contributed by atoms with Crippen molar-refractivity contribution in [2.24, 2.45) is 5.92 Å². The molecule has 106 valence electrons. The van der Waals surface area contributed by atoms with Crippen LogP contribution in [-0.2, 0) is 10.0 Å². The maximum Gasteiger partial charge on any atom is 0.337 e. The standard InChI is InChI=1S/C12H16ClNO4S/c1-7(2)8(3)14-19(17,18)9-4-5-10(12(15)16)11(13)6-9/h4-8,14H,1-3H3,(H,15,16). The van der Waals surface area contributed by atoms with Gasteiger partial charge in [0.05, 0.1) is 15.5 Å². The summed E-state index contributed by atoms with van der Waals surface area (Å²) < 4.78 is 26.6. The molecule has 19 heavy (non-hydrogen) atoms. The van der Waals surface area contributed by atoms with Gasteiger partial charge in [0, 0.05) is 6.04 Å². The van der Waals surface area contributed by atoms with Crippen molar-refractivity contribution in [3.05, 3.63) is 28.8 Å². The van der Waals surface area contributed by atoms with Crippen molar-refractivity contribution in [2.45, 2.75) is 31.7 Å². The van der Waals surface area contributed by atoms with E-state index in [0.717, 1.165) is 6.07 Å². The number of aromatic carboxylic acids is 1. The number of nitrogens with one attached hydrogen (secondary N) is 1. The first-order valence-electron chi connectivity index (χ1n) is 5.70. The molecule has 0 fully saturated rings. The lowest BCUT2D eigenvalue weighted by atomic mass is 10.1. The van der Waals surface area contributed by atoms with Crippen molar-refractivity contribution in [3.63, 3.8) is 0 Å². The molecule has 0 spiro atoms. The Morgan fingerprint density at radius 3 is 2.32 bits per heavy atom. The van der Waals surface area contributed by atoms with E-state index >= 15 is 0 Å². The number of halogens is 1. The zero-order valence-corrected chi connectivity index (χ0v) is 12.4. The van der Waals surface area contributed by atoms with Gasteiger partial charge in [-0.1, -0.05) is 25.4 Å². The van der Waals surface area contributed by atoms with Gasteiger partial charge in [0.25, 0.3) is 0 Å². The van der Waals surface area contributed by atoms with Crippen LogP contribution in [0.15, 0.2) is 23.1 Å². The highest BCUT2D eigenvalue weighted by Gasteiger charge is 2.21. The van der Waals surface area contributed by atoms with Gasteiger partial charge in [0.15, 0.2) is 0 Å². The van der Waals surface area contributed by atoms with E-state index in [1.165, 1.54) is 12.1 Å². The number of carbonyl (C=O) groups is 1. The van der Waals surface area contributed by atoms with Gasteiger partial charge in [-0.15, -0.1) is 0 Å². The van der Waals surface area contributed by atoms with E-state index in [9.17, 15) is 13.2 Å². The second-order valence-corrected chi connectivity index (χ2v) is 6.72. The fourth-order valence-electron chi connectivity index (χ4n) is 1.29. The van der Waals surface area contributed by atoms with E-state index in [0.29, 0.717) is 0 Å². The molecule has 1 rings (SSSR count). The maximum atomic E-state index is 12.1. The van der Waals surface area contributed by atoms with Crippen LogP contribution in [-0.4, -0.2) is 25.5 Å². The average Bonchev–Trinajstić information content (AvgIpc) is 2.27. The van der Waals surface area contributed by atoms with Crippen molar-refractivity contribution in [1.82, 2.24) is 4.72 Å². The molecule has 1 unspecified atom stereocenters. The zero-order chi connectivity index (χ0) is 14.8. The normalized spacial score (nSPS) is 13.5. The van der Waals surface area contributed by atoms with Crippen LogP contribution in [0, 0.1) is 5.92 Å². The largest absolute Gasteiger partial charge is 0.478 e. The lowest BCUT2D eigenvalue weighted by Gasteiger charge is -2.17. The predicted octanol–water partition coefficient (Wildman–Crippen LogP) is 2.36. The lowest BCUT2D eigenvalue weighted by Crippen LogP contribution is -2.36. The molecule has 0 aliphatic heterocycles. The van der Waals surface area contributed by atoms with Gasteiger partial charge in [-0.3, -0.25) is 0 Å². The van der Waals surface area contributed by atoms with Crippen LogP contribution in [0.5, 0.6) is 0 Å². The number of rotatable bonds is 5. The van der Waals surface area contributed by atoms with Gasteiger partial charge >= 0.3 is 5.97 Å². The number of benzene rings is 1. The SMILES string of the molecule is CC(C)C(C)NS(=O)(=O)c1ccc(C(=O)O)c(Cl)c1. The summed E-state index contributed by atoms with van der Waals surface area (Å²) in [5.74, 6) is -1.05. The van der Waals surface area contributed by atoms with E-state index in [-0.39, 0.29) is 27.4 Å². The van der Waals surface area contributed by atoms with E-state index in [4.69, 9.17) is 16.7 Å². The molecule has 2 N–H and O–H groups in total. The van der Waals surface area contributed by atoms with Crippen molar-refractivity contribution in [3.8, 4) is 0 Å². The molecule has 0 aromatic heterocycles. The second kappa shape index (κ2) is 5.90. The molecule has 0 aliphatic carbocycles. The third kappa shape index (κ3) is 3.92. The first-order chi connectivity index (χ1) is 8.65. The molecule has 1 aromatic rings. The Balaban J connectivity index is 3.10. The highest BCUT2D eigenvalue weighted by molar-refractivity contribution is 7.89. The van der Waals surface area contributed by atoms with Gasteiger partial charge in [-0.2, -0.15) is 0 Å². The zero-order valence-electron chi connectivity index (χ0n) is 10.8. The van der Waals surface area contributed by atoms with E-state index in [1.54, 1.807) is 6.92 Å². The molecule has 0 heterocycles. The van der Waals surface area contributed by atoms with Crippen molar-refractivity contribution >= 4 is 27.6 Å². The Bertz CT molecular complexity index is 583. The van der Waals surface area contributed by atoms with E-state index in [1.807, 2.05) is 13.8 Å². The summed E-state index contributed by atoms with van der Waals surface area (Å²) >= 11 is 5.76. The first-order valence-corrected chi connectivity index (χ1v) is 7.56. The maximum absolute atomic E-state index is 12.1. The van der Waals surface area contributed by atoms with E-state index in [2.05, 4.69) is 4.72 Å². The fourth-order valence-corrected chi connectivity index (χ4v) is 3.03. The molecule has 1 atom stereocenters. The Morgan fingerprint density at radius 1 is 1.32 bits per heavy atom. The van der Waals surface area contributed by atoms with Crippen molar-refractivity contribution in [1.29, 1.82) is 0 Å². The minimum Gasteiger partial charge on any atom is -0.478 e. The minimum absolute atomic E-state index is 0.0463. The van der Waals surface area contributed by atoms with E-state index < -0.39 is 16.0 Å². The van der Waals surface area contributed by atoms with Gasteiger partial charge in [0.1, 0.15) is 0 Å². The number of carboxylic acids is 1. The molecule has 5 nitrogen and oxygen atoms in total. The van der Waals surface area contributed by atoms with Crippen LogP contribution in [0.25, 0.3) is 0 Å². The quantitative estimate of drug-likeness (QED) is 0.874. The second-order valence-electron chi connectivity index (χ2n) is 4.60. The van der Waals surface area contributed by atoms with Crippen molar-refractivity contribution < 1.29 is 18.3 Å². The third-order valence-corrected chi connectivity index (χ3v) is 4.69. The van der Waals surface area contributed by atoms with Gasteiger partial charge in [-0.25, -0.2) is 17.9 Å². The molecule has 1 aromatic carbocycles. The average molecular weight is 306 g/mol. The van der Waals surface area contributed by atoms with Crippen LogP contribution in [0.4, 0.5) is 0 Å². The molecule has 0 bridgehead atoms. The molecule has 0 saturated heterocycles. The third-order valence-electron chi connectivity index (χ3n) is 2.82. The number of hydrogen-bond donors (Lipinski definition) is 2. The minimum atomic E-state index is -3.70. The summed E-state index contributed by atoms with van der Waals surface area (Å²) in [6.07, 6.45) is 0. The molecular formula is C12H16ClNO4S.